The lowest BCUT2D eigenvalue weighted by molar-refractivity contribution is 0.597. The van der Waals surface area contributed by atoms with Crippen LogP contribution >= 0.6 is 43.6 Å². The summed E-state index contributed by atoms with van der Waals surface area (Å²) in [6, 6.07) is 12.9. The Bertz CT molecular complexity index is 592. The van der Waals surface area contributed by atoms with E-state index in [4.69, 9.17) is 5.73 Å². The second-order valence-electron chi connectivity index (χ2n) is 4.47. The van der Waals surface area contributed by atoms with Crippen molar-refractivity contribution in [3.63, 3.8) is 0 Å². The van der Waals surface area contributed by atoms with Gasteiger partial charge in [-0.15, -0.1) is 11.8 Å². The van der Waals surface area contributed by atoms with Gasteiger partial charge in [0.15, 0.2) is 0 Å². The maximum absolute atomic E-state index is 13.7. The third-order valence-corrected chi connectivity index (χ3v) is 4.92. The number of hydrogen-bond donors (Lipinski definition) is 1. The summed E-state index contributed by atoms with van der Waals surface area (Å²) in [5.41, 5.74) is 6.75. The fourth-order valence-corrected chi connectivity index (χ4v) is 3.67. The summed E-state index contributed by atoms with van der Waals surface area (Å²) in [6.07, 6.45) is 0.534. The van der Waals surface area contributed by atoms with E-state index in [1.165, 1.54) is 6.07 Å². The highest BCUT2D eigenvalue weighted by atomic mass is 79.9. The fourth-order valence-electron chi connectivity index (χ4n) is 1.80. The molecule has 0 spiro atoms. The molecule has 0 heterocycles. The predicted octanol–water partition coefficient (Wildman–Crippen LogP) is 5.01. The minimum absolute atomic E-state index is 0.0808. The number of hydrogen-bond acceptors (Lipinski definition) is 2. The first-order chi connectivity index (χ1) is 9.54. The Morgan fingerprint density at radius 3 is 2.60 bits per heavy atom. The minimum atomic E-state index is -0.198. The highest BCUT2D eigenvalue weighted by Gasteiger charge is 2.09. The maximum atomic E-state index is 13.7. The molecule has 1 atom stereocenters. The summed E-state index contributed by atoms with van der Waals surface area (Å²) >= 11 is 8.48. The van der Waals surface area contributed by atoms with Gasteiger partial charge in [0, 0.05) is 25.6 Å². The van der Waals surface area contributed by atoms with E-state index in [-0.39, 0.29) is 11.9 Å². The molecule has 0 aromatic heterocycles. The molecule has 0 aliphatic rings. The molecule has 0 amide bonds. The molecule has 2 aromatic carbocycles. The van der Waals surface area contributed by atoms with Crippen LogP contribution in [0.5, 0.6) is 0 Å². The molecule has 0 fully saturated rings. The molecule has 106 valence electrons. The van der Waals surface area contributed by atoms with E-state index in [9.17, 15) is 4.39 Å². The van der Waals surface area contributed by atoms with Gasteiger partial charge in [-0.3, -0.25) is 0 Å². The zero-order valence-electron chi connectivity index (χ0n) is 10.7. The Balaban J connectivity index is 1.92. The first-order valence-corrected chi connectivity index (χ1v) is 8.69. The Kier molecular flexibility index (Phi) is 6.08. The molecule has 0 radical (unpaired) electrons. The monoisotopic (exact) mass is 417 g/mol. The summed E-state index contributed by atoms with van der Waals surface area (Å²) in [7, 11) is 0. The maximum Gasteiger partial charge on any atom is 0.126 e. The van der Waals surface area contributed by atoms with Crippen LogP contribution < -0.4 is 5.73 Å². The van der Waals surface area contributed by atoms with Crippen molar-refractivity contribution in [2.24, 2.45) is 5.73 Å². The largest absolute Gasteiger partial charge is 0.327 e. The van der Waals surface area contributed by atoms with Crippen molar-refractivity contribution in [1.29, 1.82) is 0 Å². The van der Waals surface area contributed by atoms with E-state index < -0.39 is 0 Å². The predicted molar refractivity (Wildman–Crippen MR) is 90.6 cm³/mol. The Morgan fingerprint density at radius 1 is 1.10 bits per heavy atom. The zero-order valence-corrected chi connectivity index (χ0v) is 14.6. The second-order valence-corrected chi connectivity index (χ2v) is 7.39. The third kappa shape index (κ3) is 4.88. The molecular weight excluding hydrogens is 405 g/mol. The molecule has 1 unspecified atom stereocenters. The topological polar surface area (TPSA) is 26.0 Å². The fraction of sp³-hybridized carbons (Fsp3) is 0.200. The van der Waals surface area contributed by atoms with Gasteiger partial charge in [-0.25, -0.2) is 4.39 Å². The summed E-state index contributed by atoms with van der Waals surface area (Å²) in [5, 5.41) is 0. The lowest BCUT2D eigenvalue weighted by Gasteiger charge is -2.12. The molecule has 2 rings (SSSR count). The van der Waals surface area contributed by atoms with Gasteiger partial charge >= 0.3 is 0 Å². The average molecular weight is 419 g/mol. The molecule has 5 heteroatoms. The van der Waals surface area contributed by atoms with Crippen molar-refractivity contribution in [3.05, 3.63) is 62.8 Å². The van der Waals surface area contributed by atoms with E-state index in [0.29, 0.717) is 12.0 Å². The van der Waals surface area contributed by atoms with Crippen molar-refractivity contribution in [2.75, 3.05) is 5.75 Å². The van der Waals surface area contributed by atoms with Crippen LogP contribution in [0.3, 0.4) is 0 Å². The highest BCUT2D eigenvalue weighted by molar-refractivity contribution is 9.10. The lowest BCUT2D eigenvalue weighted by atomic mass is 10.1. The number of nitrogens with two attached hydrogens (primary N) is 1. The van der Waals surface area contributed by atoms with Crippen molar-refractivity contribution >= 4 is 43.6 Å². The van der Waals surface area contributed by atoms with Crippen molar-refractivity contribution in [1.82, 2.24) is 0 Å². The van der Waals surface area contributed by atoms with Gasteiger partial charge in [-0.1, -0.05) is 37.9 Å². The standard InChI is InChI=1S/C15H14Br2FNS/c16-11-2-1-3-14(8-11)20-9-13(19)7-10-6-12(17)4-5-15(10)18/h1-6,8,13H,7,9,19H2. The van der Waals surface area contributed by atoms with Crippen LogP contribution in [-0.2, 0) is 6.42 Å². The molecular formula is C15H14Br2FNS. The van der Waals surface area contributed by atoms with Gasteiger partial charge in [-0.05, 0) is 48.4 Å². The van der Waals surface area contributed by atoms with Crippen molar-refractivity contribution in [3.8, 4) is 0 Å². The summed E-state index contributed by atoms with van der Waals surface area (Å²) in [4.78, 5) is 1.16. The SMILES string of the molecule is NC(CSc1cccc(Br)c1)Cc1cc(Br)ccc1F. The third-order valence-electron chi connectivity index (χ3n) is 2.75. The first kappa shape index (κ1) is 16.0. The Hall–Kier alpha value is -0.360. The van der Waals surface area contributed by atoms with Gasteiger partial charge in [0.2, 0.25) is 0 Å². The normalized spacial score (nSPS) is 12.4. The number of halogens is 3. The second kappa shape index (κ2) is 7.59. The molecule has 0 saturated heterocycles. The van der Waals surface area contributed by atoms with Crippen LogP contribution in [0, 0.1) is 5.82 Å². The number of thioether (sulfide) groups is 1. The molecule has 2 aromatic rings. The Labute approximate surface area is 139 Å². The highest BCUT2D eigenvalue weighted by Crippen LogP contribution is 2.23. The molecule has 0 aliphatic heterocycles. The zero-order chi connectivity index (χ0) is 14.5. The van der Waals surface area contributed by atoms with Gasteiger partial charge in [0.1, 0.15) is 5.82 Å². The molecule has 0 bridgehead atoms. The van der Waals surface area contributed by atoms with Gasteiger partial charge < -0.3 is 5.73 Å². The Morgan fingerprint density at radius 2 is 1.85 bits per heavy atom. The smallest absolute Gasteiger partial charge is 0.126 e. The summed E-state index contributed by atoms with van der Waals surface area (Å²) in [5.74, 6) is 0.554. The van der Waals surface area contributed by atoms with E-state index >= 15 is 0 Å². The van der Waals surface area contributed by atoms with E-state index in [0.717, 1.165) is 19.6 Å². The summed E-state index contributed by atoms with van der Waals surface area (Å²) in [6.45, 7) is 0. The van der Waals surface area contributed by atoms with E-state index in [1.54, 1.807) is 23.9 Å². The van der Waals surface area contributed by atoms with Gasteiger partial charge in [0.25, 0.3) is 0 Å². The van der Waals surface area contributed by atoms with Crippen molar-refractivity contribution in [2.45, 2.75) is 17.4 Å². The number of benzene rings is 2. The first-order valence-electron chi connectivity index (χ1n) is 6.12. The molecule has 1 nitrogen and oxygen atoms in total. The minimum Gasteiger partial charge on any atom is -0.327 e. The summed E-state index contributed by atoms with van der Waals surface area (Å²) < 4.78 is 15.6. The van der Waals surface area contributed by atoms with E-state index in [2.05, 4.69) is 37.9 Å². The molecule has 0 saturated carbocycles. The van der Waals surface area contributed by atoms with Crippen LogP contribution in [0.2, 0.25) is 0 Å². The molecule has 2 N–H and O–H groups in total. The van der Waals surface area contributed by atoms with E-state index in [1.807, 2.05) is 18.2 Å². The average Bonchev–Trinajstić information content (AvgIpc) is 2.41. The molecule has 0 aliphatic carbocycles. The quantitative estimate of drug-likeness (QED) is 0.690. The van der Waals surface area contributed by atoms with Crippen molar-refractivity contribution < 1.29 is 4.39 Å². The van der Waals surface area contributed by atoms with Crippen LogP contribution in [0.25, 0.3) is 0 Å². The lowest BCUT2D eigenvalue weighted by Crippen LogP contribution is -2.26. The van der Waals surface area contributed by atoms with Crippen LogP contribution in [-0.4, -0.2) is 11.8 Å². The molecule has 20 heavy (non-hydrogen) atoms. The van der Waals surface area contributed by atoms with Crippen LogP contribution in [0.15, 0.2) is 56.3 Å². The van der Waals surface area contributed by atoms with Gasteiger partial charge in [0.05, 0.1) is 0 Å². The number of rotatable bonds is 5. The van der Waals surface area contributed by atoms with Crippen LogP contribution in [0.1, 0.15) is 5.56 Å². The van der Waals surface area contributed by atoms with Crippen LogP contribution in [0.4, 0.5) is 4.39 Å². The van der Waals surface area contributed by atoms with Gasteiger partial charge in [-0.2, -0.15) is 0 Å².